The lowest BCUT2D eigenvalue weighted by atomic mass is 10.1. The monoisotopic (exact) mass is 331 g/mol. The maximum absolute atomic E-state index is 11.7. The van der Waals surface area contributed by atoms with E-state index in [4.69, 9.17) is 10.2 Å². The highest BCUT2D eigenvalue weighted by atomic mass is 79.9. The number of carboxylic acid groups (broad SMARTS) is 2. The van der Waals surface area contributed by atoms with Crippen LogP contribution in [-0.2, 0) is 9.59 Å². The van der Waals surface area contributed by atoms with E-state index in [0.29, 0.717) is 4.47 Å². The average Bonchev–Trinajstić information content (AvgIpc) is 2.26. The number of halogens is 1. The largest absolute Gasteiger partial charge is 0.507 e. The molecule has 0 aliphatic carbocycles. The molecule has 0 heterocycles. The molecule has 0 aliphatic rings. The van der Waals surface area contributed by atoms with Crippen LogP contribution in [0.25, 0.3) is 0 Å². The van der Waals surface area contributed by atoms with Crippen LogP contribution < -0.4 is 5.32 Å². The van der Waals surface area contributed by atoms with Gasteiger partial charge in [0.25, 0.3) is 5.91 Å². The fraction of sp³-hybridized carbons (Fsp3) is 0.182. The number of aliphatic carboxylic acids is 2. The molecule has 0 aliphatic heterocycles. The highest BCUT2D eigenvalue weighted by Gasteiger charge is 2.24. The number of aromatic hydroxyl groups is 1. The second kappa shape index (κ2) is 6.19. The number of benzene rings is 1. The van der Waals surface area contributed by atoms with Crippen LogP contribution >= 0.6 is 15.9 Å². The molecule has 4 N–H and O–H groups in total. The van der Waals surface area contributed by atoms with Gasteiger partial charge >= 0.3 is 11.9 Å². The lowest BCUT2D eigenvalue weighted by molar-refractivity contribution is -0.145. The van der Waals surface area contributed by atoms with Gasteiger partial charge in [-0.25, -0.2) is 4.79 Å². The van der Waals surface area contributed by atoms with E-state index in [1.807, 2.05) is 5.32 Å². The molecule has 0 radical (unpaired) electrons. The fourth-order valence-electron chi connectivity index (χ4n) is 1.31. The van der Waals surface area contributed by atoms with Gasteiger partial charge in [0, 0.05) is 4.47 Å². The molecule has 0 saturated carbocycles. The van der Waals surface area contributed by atoms with Crippen LogP contribution in [0.5, 0.6) is 5.75 Å². The minimum absolute atomic E-state index is 0.139. The van der Waals surface area contributed by atoms with Crippen LogP contribution in [0.4, 0.5) is 0 Å². The molecule has 1 atom stereocenters. The summed E-state index contributed by atoms with van der Waals surface area (Å²) in [6.07, 6.45) is -0.752. The number of phenols is 1. The summed E-state index contributed by atoms with van der Waals surface area (Å²) in [4.78, 5) is 33.0. The van der Waals surface area contributed by atoms with Crippen LogP contribution in [0.2, 0.25) is 0 Å². The molecule has 0 unspecified atom stereocenters. The first-order chi connectivity index (χ1) is 8.81. The zero-order valence-electron chi connectivity index (χ0n) is 9.46. The van der Waals surface area contributed by atoms with Gasteiger partial charge in [-0.05, 0) is 18.2 Å². The van der Waals surface area contributed by atoms with Crippen molar-refractivity contribution in [1.82, 2.24) is 5.32 Å². The number of nitrogens with one attached hydrogen (secondary N) is 1. The summed E-state index contributed by atoms with van der Waals surface area (Å²) in [5.74, 6) is -4.02. The van der Waals surface area contributed by atoms with Crippen LogP contribution in [0.1, 0.15) is 16.8 Å². The Labute approximate surface area is 116 Å². The summed E-state index contributed by atoms with van der Waals surface area (Å²) in [6.45, 7) is 0. The van der Waals surface area contributed by atoms with Crippen LogP contribution in [0, 0.1) is 0 Å². The molecule has 0 aromatic heterocycles. The lowest BCUT2D eigenvalue weighted by Crippen LogP contribution is -2.42. The molecule has 0 fully saturated rings. The van der Waals surface area contributed by atoms with Gasteiger partial charge in [0.1, 0.15) is 11.8 Å². The molecule has 0 saturated heterocycles. The van der Waals surface area contributed by atoms with E-state index in [-0.39, 0.29) is 11.3 Å². The van der Waals surface area contributed by atoms with Gasteiger partial charge in [-0.1, -0.05) is 15.9 Å². The zero-order chi connectivity index (χ0) is 14.6. The maximum atomic E-state index is 11.7. The van der Waals surface area contributed by atoms with E-state index < -0.39 is 30.3 Å². The number of rotatable bonds is 5. The molecule has 1 aromatic carbocycles. The smallest absolute Gasteiger partial charge is 0.326 e. The van der Waals surface area contributed by atoms with Crippen molar-refractivity contribution in [3.8, 4) is 5.75 Å². The van der Waals surface area contributed by atoms with Gasteiger partial charge in [-0.15, -0.1) is 0 Å². The summed E-state index contributed by atoms with van der Waals surface area (Å²) in [5, 5.41) is 28.9. The van der Waals surface area contributed by atoms with E-state index in [9.17, 15) is 19.5 Å². The quantitative estimate of drug-likeness (QED) is 0.633. The molecule has 1 amide bonds. The number of hydrogen-bond donors (Lipinski definition) is 4. The molecule has 102 valence electrons. The van der Waals surface area contributed by atoms with Gasteiger partial charge in [-0.2, -0.15) is 0 Å². The van der Waals surface area contributed by atoms with E-state index in [2.05, 4.69) is 15.9 Å². The number of carbonyl (C=O) groups excluding carboxylic acids is 1. The number of carboxylic acids is 2. The van der Waals surface area contributed by atoms with E-state index in [1.165, 1.54) is 18.2 Å². The number of carbonyl (C=O) groups is 3. The van der Waals surface area contributed by atoms with E-state index in [0.717, 1.165) is 0 Å². The van der Waals surface area contributed by atoms with Crippen LogP contribution in [0.3, 0.4) is 0 Å². The Bertz CT molecular complexity index is 530. The Morgan fingerprint density at radius 2 is 1.89 bits per heavy atom. The van der Waals surface area contributed by atoms with Crippen molar-refractivity contribution in [3.05, 3.63) is 28.2 Å². The molecule has 0 bridgehead atoms. The summed E-state index contributed by atoms with van der Waals surface area (Å²) in [5.41, 5.74) is -0.139. The molecule has 0 spiro atoms. The first-order valence-corrected chi connectivity index (χ1v) is 5.84. The molecular weight excluding hydrogens is 322 g/mol. The summed E-state index contributed by atoms with van der Waals surface area (Å²) < 4.78 is 0.543. The van der Waals surface area contributed by atoms with Crippen LogP contribution in [-0.4, -0.2) is 39.2 Å². The molecule has 19 heavy (non-hydrogen) atoms. The van der Waals surface area contributed by atoms with Crippen molar-refractivity contribution in [2.75, 3.05) is 0 Å². The predicted molar refractivity (Wildman–Crippen MR) is 66.9 cm³/mol. The van der Waals surface area contributed by atoms with E-state index in [1.54, 1.807) is 0 Å². The maximum Gasteiger partial charge on any atom is 0.326 e. The van der Waals surface area contributed by atoms with Gasteiger partial charge < -0.3 is 20.6 Å². The summed E-state index contributed by atoms with van der Waals surface area (Å²) in [7, 11) is 0. The van der Waals surface area contributed by atoms with Crippen molar-refractivity contribution in [3.63, 3.8) is 0 Å². The zero-order valence-corrected chi connectivity index (χ0v) is 11.0. The highest BCUT2D eigenvalue weighted by Crippen LogP contribution is 2.22. The Morgan fingerprint density at radius 1 is 1.26 bits per heavy atom. The summed E-state index contributed by atoms with van der Waals surface area (Å²) >= 11 is 3.09. The van der Waals surface area contributed by atoms with Crippen molar-refractivity contribution in [2.45, 2.75) is 12.5 Å². The second-order valence-corrected chi connectivity index (χ2v) is 4.54. The molecule has 1 aromatic rings. The minimum atomic E-state index is -1.56. The average molecular weight is 332 g/mol. The molecular formula is C11H10BrNO6. The topological polar surface area (TPSA) is 124 Å². The van der Waals surface area contributed by atoms with E-state index >= 15 is 0 Å². The van der Waals surface area contributed by atoms with Gasteiger partial charge in [0.05, 0.1) is 12.0 Å². The van der Waals surface area contributed by atoms with Crippen molar-refractivity contribution >= 4 is 33.8 Å². The van der Waals surface area contributed by atoms with Crippen molar-refractivity contribution in [2.24, 2.45) is 0 Å². The first-order valence-electron chi connectivity index (χ1n) is 5.05. The third-order valence-electron chi connectivity index (χ3n) is 2.19. The highest BCUT2D eigenvalue weighted by molar-refractivity contribution is 9.10. The SMILES string of the molecule is O=C(O)C[C@H](NC(=O)c1ccc(Br)cc1O)C(=O)O. The number of phenolic OH excluding ortho intramolecular Hbond substituents is 1. The summed E-state index contributed by atoms with van der Waals surface area (Å²) in [6, 6.07) is 2.48. The molecule has 1 rings (SSSR count). The number of amides is 1. The second-order valence-electron chi connectivity index (χ2n) is 3.62. The molecule has 7 nitrogen and oxygen atoms in total. The van der Waals surface area contributed by atoms with Gasteiger partial charge in [-0.3, -0.25) is 9.59 Å². The molecule has 8 heteroatoms. The normalized spacial score (nSPS) is 11.6. The Morgan fingerprint density at radius 3 is 2.37 bits per heavy atom. The van der Waals surface area contributed by atoms with Crippen molar-refractivity contribution < 1.29 is 29.7 Å². The Hall–Kier alpha value is -2.09. The standard InChI is InChI=1S/C11H10BrNO6/c12-5-1-2-6(8(14)3-5)10(17)13-7(11(18)19)4-9(15)16/h1-3,7,14H,4H2,(H,13,17)(H,15,16)(H,18,19)/t7-/m0/s1. The van der Waals surface area contributed by atoms with Gasteiger partial charge in [0.15, 0.2) is 0 Å². The van der Waals surface area contributed by atoms with Crippen LogP contribution in [0.15, 0.2) is 22.7 Å². The predicted octanol–water partition coefficient (Wildman–Crippen LogP) is 0.812. The first kappa shape index (κ1) is 15.0. The lowest BCUT2D eigenvalue weighted by Gasteiger charge is -2.13. The fourth-order valence-corrected chi connectivity index (χ4v) is 1.66. The Balaban J connectivity index is 2.87. The van der Waals surface area contributed by atoms with Crippen molar-refractivity contribution in [1.29, 1.82) is 0 Å². The van der Waals surface area contributed by atoms with Gasteiger partial charge in [0.2, 0.25) is 0 Å². The third-order valence-corrected chi connectivity index (χ3v) is 2.68. The Kier molecular flexibility index (Phi) is 4.87. The minimum Gasteiger partial charge on any atom is -0.507 e. The number of hydrogen-bond acceptors (Lipinski definition) is 4. The third kappa shape index (κ3) is 4.25.